The molecule has 7 nitrogen and oxygen atoms in total. The molecule has 0 unspecified atom stereocenters. The van der Waals surface area contributed by atoms with E-state index in [4.69, 9.17) is 15.7 Å². The van der Waals surface area contributed by atoms with Crippen LogP contribution >= 0.6 is 0 Å². The van der Waals surface area contributed by atoms with Crippen molar-refractivity contribution in [3.8, 4) is 22.9 Å². The predicted octanol–water partition coefficient (Wildman–Crippen LogP) is 4.05. The first-order chi connectivity index (χ1) is 15.2. The Kier molecular flexibility index (Phi) is 3.89. The molecule has 152 valence electrons. The first-order valence-electron chi connectivity index (χ1n) is 10.4. The summed E-state index contributed by atoms with van der Waals surface area (Å²) in [6, 6.07) is 16.3. The Morgan fingerprint density at radius 1 is 0.968 bits per heavy atom. The minimum Gasteiger partial charge on any atom is -0.383 e. The zero-order valence-electron chi connectivity index (χ0n) is 17.2. The zero-order chi connectivity index (χ0) is 20.9. The Labute approximate surface area is 179 Å². The van der Waals surface area contributed by atoms with E-state index in [1.54, 1.807) is 10.9 Å². The van der Waals surface area contributed by atoms with E-state index < -0.39 is 0 Å². The van der Waals surface area contributed by atoms with Gasteiger partial charge in [-0.1, -0.05) is 6.07 Å². The van der Waals surface area contributed by atoms with Crippen LogP contribution in [0.3, 0.4) is 0 Å². The number of anilines is 1. The summed E-state index contributed by atoms with van der Waals surface area (Å²) in [6.45, 7) is 1.97. The maximum Gasteiger partial charge on any atom is 0.167 e. The fourth-order valence-corrected chi connectivity index (χ4v) is 4.35. The highest BCUT2D eigenvalue weighted by Crippen LogP contribution is 2.32. The summed E-state index contributed by atoms with van der Waals surface area (Å²) < 4.78 is 3.87. The number of rotatable bonds is 3. The van der Waals surface area contributed by atoms with Gasteiger partial charge in [0.25, 0.3) is 0 Å². The molecular weight excluding hydrogens is 386 g/mol. The summed E-state index contributed by atoms with van der Waals surface area (Å²) >= 11 is 0. The van der Waals surface area contributed by atoms with Crippen molar-refractivity contribution in [1.29, 1.82) is 0 Å². The number of aryl methyl sites for hydroxylation is 3. The van der Waals surface area contributed by atoms with E-state index >= 15 is 0 Å². The van der Waals surface area contributed by atoms with Crippen molar-refractivity contribution in [2.45, 2.75) is 26.2 Å². The van der Waals surface area contributed by atoms with E-state index in [0.717, 1.165) is 52.6 Å². The molecule has 0 aliphatic heterocycles. The normalized spacial score (nSPS) is 13.1. The van der Waals surface area contributed by atoms with Gasteiger partial charge in [0.2, 0.25) is 0 Å². The van der Waals surface area contributed by atoms with Gasteiger partial charge in [-0.15, -0.1) is 0 Å². The molecule has 5 aromatic rings. The topological polar surface area (TPSA) is 87.4 Å². The van der Waals surface area contributed by atoms with Gasteiger partial charge < -0.3 is 5.73 Å². The zero-order valence-corrected chi connectivity index (χ0v) is 17.2. The van der Waals surface area contributed by atoms with Crippen molar-refractivity contribution >= 4 is 17.0 Å². The number of nitrogen functional groups attached to an aromatic ring is 1. The third-order valence-electron chi connectivity index (χ3n) is 5.87. The molecule has 1 aromatic carbocycles. The van der Waals surface area contributed by atoms with Crippen LogP contribution in [0.5, 0.6) is 0 Å². The largest absolute Gasteiger partial charge is 0.383 e. The summed E-state index contributed by atoms with van der Waals surface area (Å²) in [5.74, 6) is 1.93. The quantitative estimate of drug-likeness (QED) is 0.488. The molecule has 0 bridgehead atoms. The lowest BCUT2D eigenvalue weighted by atomic mass is 10.1. The maximum absolute atomic E-state index is 6.24. The molecule has 31 heavy (non-hydrogen) atoms. The number of hydrogen-bond acceptors (Lipinski definition) is 5. The van der Waals surface area contributed by atoms with E-state index in [1.807, 2.05) is 43.5 Å². The molecule has 0 saturated heterocycles. The van der Waals surface area contributed by atoms with Crippen molar-refractivity contribution in [1.82, 2.24) is 29.3 Å². The fraction of sp³-hybridized carbons (Fsp3) is 0.167. The molecule has 0 saturated carbocycles. The minimum atomic E-state index is 0.447. The van der Waals surface area contributed by atoms with Crippen molar-refractivity contribution < 1.29 is 0 Å². The van der Waals surface area contributed by atoms with Crippen LogP contribution in [-0.2, 0) is 12.8 Å². The van der Waals surface area contributed by atoms with E-state index in [0.29, 0.717) is 5.82 Å². The van der Waals surface area contributed by atoms with Crippen molar-refractivity contribution in [2.24, 2.45) is 0 Å². The standard InChI is InChI=1S/C24H21N7/c1-15-11-13-30(29-15)21-10-9-20-24(28-21)31(18-8-7-16-4-2-5-17(16)14-18)23(27-20)19-6-3-12-26-22(19)25/h3,6-14H,2,4-5H2,1H3,(H2,25,26). The van der Waals surface area contributed by atoms with Crippen LogP contribution in [0.15, 0.2) is 60.9 Å². The second-order valence-electron chi connectivity index (χ2n) is 7.93. The number of nitrogens with two attached hydrogens (primary N) is 1. The number of benzene rings is 1. The smallest absolute Gasteiger partial charge is 0.167 e. The van der Waals surface area contributed by atoms with Crippen molar-refractivity contribution in [2.75, 3.05) is 5.73 Å². The molecule has 0 amide bonds. The molecule has 0 spiro atoms. The fourth-order valence-electron chi connectivity index (χ4n) is 4.35. The Morgan fingerprint density at radius 3 is 2.71 bits per heavy atom. The van der Waals surface area contributed by atoms with E-state index in [2.05, 4.69) is 32.8 Å². The third-order valence-corrected chi connectivity index (χ3v) is 5.87. The average molecular weight is 407 g/mol. The van der Waals surface area contributed by atoms with Crippen molar-refractivity contribution in [3.05, 3.63) is 77.7 Å². The second-order valence-corrected chi connectivity index (χ2v) is 7.93. The molecule has 6 rings (SSSR count). The molecule has 0 atom stereocenters. The number of hydrogen-bond donors (Lipinski definition) is 1. The van der Waals surface area contributed by atoms with Crippen LogP contribution in [0.2, 0.25) is 0 Å². The van der Waals surface area contributed by atoms with E-state index in [-0.39, 0.29) is 0 Å². The molecule has 7 heteroatoms. The number of aromatic nitrogens is 6. The third kappa shape index (κ3) is 2.89. The lowest BCUT2D eigenvalue weighted by Gasteiger charge is -2.12. The van der Waals surface area contributed by atoms with Crippen LogP contribution in [0, 0.1) is 6.92 Å². The summed E-state index contributed by atoms with van der Waals surface area (Å²) in [5.41, 5.74) is 13.4. The highest BCUT2D eigenvalue weighted by molar-refractivity contribution is 5.83. The van der Waals surface area contributed by atoms with Gasteiger partial charge in [0.1, 0.15) is 11.3 Å². The molecule has 4 heterocycles. The second kappa shape index (κ2) is 6.77. The highest BCUT2D eigenvalue weighted by Gasteiger charge is 2.20. The van der Waals surface area contributed by atoms with Crippen LogP contribution < -0.4 is 5.73 Å². The first-order valence-corrected chi connectivity index (χ1v) is 10.4. The number of pyridine rings is 2. The molecule has 0 radical (unpaired) electrons. The maximum atomic E-state index is 6.24. The van der Waals surface area contributed by atoms with Crippen LogP contribution in [-0.4, -0.2) is 29.3 Å². The number of fused-ring (bicyclic) bond motifs is 2. The van der Waals surface area contributed by atoms with Gasteiger partial charge in [-0.25, -0.2) is 19.6 Å². The Balaban J connectivity index is 1.64. The summed E-state index contributed by atoms with van der Waals surface area (Å²) in [6.07, 6.45) is 7.05. The first kappa shape index (κ1) is 17.8. The molecule has 4 aromatic heterocycles. The van der Waals surface area contributed by atoms with Crippen molar-refractivity contribution in [3.63, 3.8) is 0 Å². The molecule has 0 fully saturated rings. The van der Waals surface area contributed by atoms with Gasteiger partial charge in [0.15, 0.2) is 17.3 Å². The van der Waals surface area contributed by atoms with E-state index in [9.17, 15) is 0 Å². The number of imidazole rings is 1. The number of nitrogens with zero attached hydrogens (tertiary/aromatic N) is 6. The SMILES string of the molecule is Cc1ccn(-c2ccc3nc(-c4cccnc4N)n(-c4ccc5c(c4)CCC5)c3n2)n1. The van der Waals surface area contributed by atoms with E-state index in [1.165, 1.54) is 17.5 Å². The minimum absolute atomic E-state index is 0.447. The van der Waals surface area contributed by atoms with Crippen LogP contribution in [0.1, 0.15) is 23.2 Å². The van der Waals surface area contributed by atoms with Gasteiger partial charge in [-0.2, -0.15) is 5.10 Å². The van der Waals surface area contributed by atoms with Gasteiger partial charge in [0.05, 0.1) is 11.3 Å². The Bertz CT molecular complexity index is 1440. The Morgan fingerprint density at radius 2 is 1.87 bits per heavy atom. The average Bonchev–Trinajstić information content (AvgIpc) is 3.50. The summed E-state index contributed by atoms with van der Waals surface area (Å²) in [4.78, 5) is 14.1. The monoisotopic (exact) mass is 407 g/mol. The predicted molar refractivity (Wildman–Crippen MR) is 120 cm³/mol. The Hall–Kier alpha value is -4.00. The van der Waals surface area contributed by atoms with Gasteiger partial charge in [0, 0.05) is 18.1 Å². The molecule has 1 aliphatic carbocycles. The van der Waals surface area contributed by atoms with Crippen LogP contribution in [0.4, 0.5) is 5.82 Å². The molecular formula is C24H21N7. The summed E-state index contributed by atoms with van der Waals surface area (Å²) in [5, 5.41) is 4.51. The van der Waals surface area contributed by atoms with Gasteiger partial charge >= 0.3 is 0 Å². The van der Waals surface area contributed by atoms with Gasteiger partial charge in [-0.3, -0.25) is 4.57 Å². The molecule has 1 aliphatic rings. The highest BCUT2D eigenvalue weighted by atomic mass is 15.3. The lowest BCUT2D eigenvalue weighted by molar-refractivity contribution is 0.834. The lowest BCUT2D eigenvalue weighted by Crippen LogP contribution is -2.04. The summed E-state index contributed by atoms with van der Waals surface area (Å²) in [7, 11) is 0. The molecule has 2 N–H and O–H groups in total. The van der Waals surface area contributed by atoms with Crippen LogP contribution in [0.25, 0.3) is 34.1 Å². The van der Waals surface area contributed by atoms with Gasteiger partial charge in [-0.05, 0) is 79.8 Å².